The summed E-state index contributed by atoms with van der Waals surface area (Å²) in [5.74, 6) is -0.0335. The number of carbonyl (C=O) groups is 1. The van der Waals surface area contributed by atoms with Crippen molar-refractivity contribution >= 4 is 17.1 Å². The maximum absolute atomic E-state index is 12.4. The highest BCUT2D eigenvalue weighted by molar-refractivity contribution is 7.17. The standard InChI is InChI=1S/C17H12O3S/c18-12-5-3-4-11(10-12)15-8-9-16(21-15)17(20)13-6-1-2-7-14(13)19/h1-10,18-19H. The average molecular weight is 296 g/mol. The molecule has 0 radical (unpaired) electrons. The van der Waals surface area contributed by atoms with Crippen molar-refractivity contribution in [3.63, 3.8) is 0 Å². The van der Waals surface area contributed by atoms with Gasteiger partial charge < -0.3 is 10.2 Å². The lowest BCUT2D eigenvalue weighted by Crippen LogP contribution is -1.98. The van der Waals surface area contributed by atoms with Gasteiger partial charge in [0.25, 0.3) is 0 Å². The first-order valence-electron chi connectivity index (χ1n) is 6.37. The number of phenolic OH excluding ortho intramolecular Hbond substituents is 2. The van der Waals surface area contributed by atoms with Crippen LogP contribution in [0, 0.1) is 0 Å². The van der Waals surface area contributed by atoms with Crippen molar-refractivity contribution in [2.75, 3.05) is 0 Å². The summed E-state index contributed by atoms with van der Waals surface area (Å²) < 4.78 is 0. The van der Waals surface area contributed by atoms with Crippen LogP contribution in [-0.2, 0) is 0 Å². The summed E-state index contributed by atoms with van der Waals surface area (Å²) in [7, 11) is 0. The van der Waals surface area contributed by atoms with Crippen LogP contribution in [0.2, 0.25) is 0 Å². The summed E-state index contributed by atoms with van der Waals surface area (Å²) in [6.07, 6.45) is 0. The molecule has 3 aromatic rings. The molecule has 0 saturated carbocycles. The highest BCUT2D eigenvalue weighted by Gasteiger charge is 2.15. The Balaban J connectivity index is 1.95. The third-order valence-corrected chi connectivity index (χ3v) is 4.24. The minimum absolute atomic E-state index is 0.0187. The smallest absolute Gasteiger partial charge is 0.206 e. The first-order valence-corrected chi connectivity index (χ1v) is 7.19. The van der Waals surface area contributed by atoms with E-state index >= 15 is 0 Å². The van der Waals surface area contributed by atoms with Gasteiger partial charge in [-0.3, -0.25) is 4.79 Å². The largest absolute Gasteiger partial charge is 0.508 e. The first kappa shape index (κ1) is 13.4. The minimum Gasteiger partial charge on any atom is -0.508 e. The molecule has 0 amide bonds. The van der Waals surface area contributed by atoms with Crippen LogP contribution in [0.4, 0.5) is 0 Å². The SMILES string of the molecule is O=C(c1ccc(-c2cccc(O)c2)s1)c1ccccc1O. The highest BCUT2D eigenvalue weighted by atomic mass is 32.1. The molecule has 0 aliphatic carbocycles. The molecule has 0 bridgehead atoms. The number of phenols is 2. The molecule has 104 valence electrons. The van der Waals surface area contributed by atoms with Gasteiger partial charge in [0.2, 0.25) is 5.78 Å². The number of ketones is 1. The van der Waals surface area contributed by atoms with E-state index in [1.54, 1.807) is 42.5 Å². The van der Waals surface area contributed by atoms with Crippen LogP contribution < -0.4 is 0 Å². The van der Waals surface area contributed by atoms with E-state index in [-0.39, 0.29) is 17.3 Å². The predicted octanol–water partition coefficient (Wildman–Crippen LogP) is 4.06. The zero-order valence-corrected chi connectivity index (χ0v) is 11.8. The van der Waals surface area contributed by atoms with Gasteiger partial charge in [-0.15, -0.1) is 11.3 Å². The van der Waals surface area contributed by atoms with Gasteiger partial charge >= 0.3 is 0 Å². The van der Waals surface area contributed by atoms with E-state index in [2.05, 4.69) is 0 Å². The van der Waals surface area contributed by atoms with Crippen LogP contribution >= 0.6 is 11.3 Å². The van der Waals surface area contributed by atoms with E-state index in [4.69, 9.17) is 0 Å². The maximum atomic E-state index is 12.4. The fourth-order valence-electron chi connectivity index (χ4n) is 2.07. The van der Waals surface area contributed by atoms with Gasteiger partial charge in [-0.1, -0.05) is 24.3 Å². The summed E-state index contributed by atoms with van der Waals surface area (Å²) in [6.45, 7) is 0. The second-order valence-electron chi connectivity index (χ2n) is 4.56. The molecule has 0 aliphatic rings. The summed E-state index contributed by atoms with van der Waals surface area (Å²) in [4.78, 5) is 13.8. The topological polar surface area (TPSA) is 57.5 Å². The molecule has 1 heterocycles. The second-order valence-corrected chi connectivity index (χ2v) is 5.64. The van der Waals surface area contributed by atoms with Gasteiger partial charge in [-0.05, 0) is 42.0 Å². The monoisotopic (exact) mass is 296 g/mol. The number of hydrogen-bond donors (Lipinski definition) is 2. The molecule has 3 rings (SSSR count). The van der Waals surface area contributed by atoms with Crippen molar-refractivity contribution < 1.29 is 15.0 Å². The van der Waals surface area contributed by atoms with E-state index in [0.717, 1.165) is 10.4 Å². The summed E-state index contributed by atoms with van der Waals surface area (Å²) in [5.41, 5.74) is 1.15. The number of aromatic hydroxyl groups is 2. The lowest BCUT2D eigenvalue weighted by atomic mass is 10.1. The number of rotatable bonds is 3. The van der Waals surface area contributed by atoms with Crippen LogP contribution in [-0.4, -0.2) is 16.0 Å². The molecule has 0 unspecified atom stereocenters. The fourth-order valence-corrected chi connectivity index (χ4v) is 3.03. The predicted molar refractivity (Wildman–Crippen MR) is 83.0 cm³/mol. The number of thiophene rings is 1. The Bertz CT molecular complexity index is 805. The van der Waals surface area contributed by atoms with E-state index in [0.29, 0.717) is 10.4 Å². The molecule has 21 heavy (non-hydrogen) atoms. The first-order chi connectivity index (χ1) is 10.1. The number of hydrogen-bond acceptors (Lipinski definition) is 4. The Morgan fingerprint density at radius 1 is 0.905 bits per heavy atom. The van der Waals surface area contributed by atoms with Crippen molar-refractivity contribution in [1.29, 1.82) is 0 Å². The Labute approximate surface area is 125 Å². The van der Waals surface area contributed by atoms with E-state index in [1.807, 2.05) is 12.1 Å². The molecule has 2 N–H and O–H groups in total. The van der Waals surface area contributed by atoms with Crippen molar-refractivity contribution in [2.45, 2.75) is 0 Å². The zero-order chi connectivity index (χ0) is 14.8. The quantitative estimate of drug-likeness (QED) is 0.717. The van der Waals surface area contributed by atoms with Crippen molar-refractivity contribution in [1.82, 2.24) is 0 Å². The third-order valence-electron chi connectivity index (χ3n) is 3.11. The molecule has 0 atom stereocenters. The average Bonchev–Trinajstić information content (AvgIpc) is 2.97. The third kappa shape index (κ3) is 2.66. The lowest BCUT2D eigenvalue weighted by molar-refractivity contribution is 0.104. The Hall–Kier alpha value is -2.59. The number of carbonyl (C=O) groups excluding carboxylic acids is 1. The van der Waals surface area contributed by atoms with Crippen LogP contribution in [0.1, 0.15) is 15.2 Å². The Kier molecular flexibility index (Phi) is 3.46. The summed E-state index contributed by atoms with van der Waals surface area (Å²) in [6, 6.07) is 17.0. The number of para-hydroxylation sites is 1. The maximum Gasteiger partial charge on any atom is 0.206 e. The number of benzene rings is 2. The van der Waals surface area contributed by atoms with Crippen molar-refractivity contribution in [2.24, 2.45) is 0 Å². The molecule has 0 saturated heterocycles. The minimum atomic E-state index is -0.204. The van der Waals surface area contributed by atoms with Crippen LogP contribution in [0.5, 0.6) is 11.5 Å². The van der Waals surface area contributed by atoms with Crippen LogP contribution in [0.3, 0.4) is 0 Å². The molecule has 0 spiro atoms. The molecular weight excluding hydrogens is 284 g/mol. The second kappa shape index (κ2) is 5.42. The lowest BCUT2D eigenvalue weighted by Gasteiger charge is -2.01. The molecule has 1 aromatic heterocycles. The molecule has 0 aliphatic heterocycles. The van der Waals surface area contributed by atoms with Crippen LogP contribution in [0.15, 0.2) is 60.7 Å². The molecular formula is C17H12O3S. The molecule has 0 fully saturated rings. The summed E-state index contributed by atoms with van der Waals surface area (Å²) in [5, 5.41) is 19.3. The molecule has 3 nitrogen and oxygen atoms in total. The van der Waals surface area contributed by atoms with Gasteiger partial charge in [0.1, 0.15) is 11.5 Å². The van der Waals surface area contributed by atoms with Gasteiger partial charge in [0, 0.05) is 4.88 Å². The Morgan fingerprint density at radius 2 is 1.71 bits per heavy atom. The normalized spacial score (nSPS) is 10.5. The van der Waals surface area contributed by atoms with Gasteiger partial charge in [-0.25, -0.2) is 0 Å². The van der Waals surface area contributed by atoms with Crippen LogP contribution in [0.25, 0.3) is 10.4 Å². The van der Waals surface area contributed by atoms with Crippen molar-refractivity contribution in [3.05, 3.63) is 71.1 Å². The molecule has 4 heteroatoms. The van der Waals surface area contributed by atoms with E-state index in [9.17, 15) is 15.0 Å². The Morgan fingerprint density at radius 3 is 2.48 bits per heavy atom. The van der Waals surface area contributed by atoms with E-state index in [1.165, 1.54) is 17.4 Å². The van der Waals surface area contributed by atoms with Gasteiger partial charge in [0.15, 0.2) is 0 Å². The molecule has 2 aromatic carbocycles. The van der Waals surface area contributed by atoms with Gasteiger partial charge in [-0.2, -0.15) is 0 Å². The fraction of sp³-hybridized carbons (Fsp3) is 0. The highest BCUT2D eigenvalue weighted by Crippen LogP contribution is 2.32. The van der Waals surface area contributed by atoms with Crippen molar-refractivity contribution in [3.8, 4) is 21.9 Å². The van der Waals surface area contributed by atoms with Gasteiger partial charge in [0.05, 0.1) is 10.4 Å². The van der Waals surface area contributed by atoms with E-state index < -0.39 is 0 Å². The zero-order valence-electron chi connectivity index (χ0n) is 11.0. The summed E-state index contributed by atoms with van der Waals surface area (Å²) >= 11 is 1.33.